The fourth-order valence-electron chi connectivity index (χ4n) is 0.217. The van der Waals surface area contributed by atoms with Crippen LogP contribution in [0.4, 0.5) is 0 Å². The molecule has 0 aromatic heterocycles. The van der Waals surface area contributed by atoms with Gasteiger partial charge in [0.25, 0.3) is 0 Å². The van der Waals surface area contributed by atoms with Gasteiger partial charge in [-0.25, -0.2) is 0 Å². The monoisotopic (exact) mass is 126 g/mol. The van der Waals surface area contributed by atoms with E-state index in [9.17, 15) is 5.11 Å². The van der Waals surface area contributed by atoms with Crippen molar-refractivity contribution in [3.8, 4) is 12.3 Å². The maximum absolute atomic E-state index is 9.42. The van der Waals surface area contributed by atoms with Crippen LogP contribution in [0.25, 0.3) is 0 Å². The lowest BCUT2D eigenvalue weighted by molar-refractivity contribution is 0.0130. The lowest BCUT2D eigenvalue weighted by Crippen LogP contribution is -2.37. The molecule has 0 rings (SSSR count). The highest BCUT2D eigenvalue weighted by atomic mass is 16.3. The number of hydrogen-bond donors (Lipinski definition) is 1. The standard InChI is InChI=1S/C8H14O/c1-6-8(5,9)7(2,3)4/h1,9H,2-5H3. The number of aliphatic hydroxyl groups is 1. The van der Waals surface area contributed by atoms with E-state index in [1.807, 2.05) is 20.8 Å². The number of rotatable bonds is 0. The molecule has 0 aliphatic heterocycles. The van der Waals surface area contributed by atoms with E-state index < -0.39 is 5.60 Å². The van der Waals surface area contributed by atoms with Crippen LogP contribution in [-0.2, 0) is 0 Å². The molecular formula is C8H14O. The fraction of sp³-hybridized carbons (Fsp3) is 0.750. The maximum Gasteiger partial charge on any atom is 0.127 e. The quantitative estimate of drug-likeness (QED) is 0.487. The molecule has 0 spiro atoms. The Hall–Kier alpha value is -0.480. The predicted octanol–water partition coefficient (Wildman–Crippen LogP) is 1.42. The zero-order valence-corrected chi connectivity index (χ0v) is 6.52. The molecule has 0 aliphatic carbocycles. The molecule has 1 atom stereocenters. The second kappa shape index (κ2) is 2.04. The minimum Gasteiger partial charge on any atom is -0.377 e. The molecule has 9 heavy (non-hydrogen) atoms. The summed E-state index contributed by atoms with van der Waals surface area (Å²) in [4.78, 5) is 0. The van der Waals surface area contributed by atoms with Crippen molar-refractivity contribution in [1.29, 1.82) is 0 Å². The van der Waals surface area contributed by atoms with E-state index in [0.29, 0.717) is 0 Å². The van der Waals surface area contributed by atoms with Crippen molar-refractivity contribution < 1.29 is 5.11 Å². The molecule has 52 valence electrons. The van der Waals surface area contributed by atoms with Crippen LogP contribution in [0.1, 0.15) is 27.7 Å². The molecule has 1 N–H and O–H groups in total. The Morgan fingerprint density at radius 2 is 1.56 bits per heavy atom. The van der Waals surface area contributed by atoms with Gasteiger partial charge >= 0.3 is 0 Å². The molecule has 0 heterocycles. The van der Waals surface area contributed by atoms with Gasteiger partial charge in [0.15, 0.2) is 0 Å². The highest BCUT2D eigenvalue weighted by molar-refractivity contribution is 5.10. The molecular weight excluding hydrogens is 112 g/mol. The molecule has 0 bridgehead atoms. The van der Waals surface area contributed by atoms with Crippen LogP contribution in [0.5, 0.6) is 0 Å². The summed E-state index contributed by atoms with van der Waals surface area (Å²) in [7, 11) is 0. The van der Waals surface area contributed by atoms with Crippen molar-refractivity contribution in [2.75, 3.05) is 0 Å². The average Bonchev–Trinajstić information content (AvgIpc) is 1.64. The minimum absolute atomic E-state index is 0.234. The van der Waals surface area contributed by atoms with Crippen molar-refractivity contribution in [2.45, 2.75) is 33.3 Å². The molecule has 1 nitrogen and oxygen atoms in total. The van der Waals surface area contributed by atoms with E-state index >= 15 is 0 Å². The first kappa shape index (κ1) is 8.52. The normalized spacial score (nSPS) is 18.2. The lowest BCUT2D eigenvalue weighted by atomic mass is 9.79. The summed E-state index contributed by atoms with van der Waals surface area (Å²) < 4.78 is 0. The minimum atomic E-state index is -0.993. The first-order valence-corrected chi connectivity index (χ1v) is 3.01. The van der Waals surface area contributed by atoms with Crippen molar-refractivity contribution >= 4 is 0 Å². The number of terminal acetylenes is 1. The van der Waals surface area contributed by atoms with Crippen LogP contribution in [-0.4, -0.2) is 10.7 Å². The molecule has 0 amide bonds. The SMILES string of the molecule is C#CC(C)(O)C(C)(C)C. The summed E-state index contributed by atoms with van der Waals surface area (Å²) in [6.07, 6.45) is 5.09. The highest BCUT2D eigenvalue weighted by Gasteiger charge is 2.32. The second-order valence-corrected chi connectivity index (χ2v) is 3.47. The molecule has 0 saturated carbocycles. The molecule has 0 aliphatic rings. The first-order valence-electron chi connectivity index (χ1n) is 3.01. The fourth-order valence-corrected chi connectivity index (χ4v) is 0.217. The van der Waals surface area contributed by atoms with E-state index in [0.717, 1.165) is 0 Å². The largest absolute Gasteiger partial charge is 0.377 e. The van der Waals surface area contributed by atoms with Gasteiger partial charge in [-0.3, -0.25) is 0 Å². The second-order valence-electron chi connectivity index (χ2n) is 3.47. The summed E-state index contributed by atoms with van der Waals surface area (Å²) in [6, 6.07) is 0. The van der Waals surface area contributed by atoms with Gasteiger partial charge in [0, 0.05) is 5.41 Å². The van der Waals surface area contributed by atoms with Crippen molar-refractivity contribution in [1.82, 2.24) is 0 Å². The zero-order chi connectivity index (χ0) is 7.71. The van der Waals surface area contributed by atoms with Gasteiger partial charge < -0.3 is 5.11 Å². The van der Waals surface area contributed by atoms with Gasteiger partial charge in [0.05, 0.1) is 0 Å². The lowest BCUT2D eigenvalue weighted by Gasteiger charge is -2.31. The topological polar surface area (TPSA) is 20.2 Å². The van der Waals surface area contributed by atoms with Gasteiger partial charge in [0.1, 0.15) is 5.60 Å². The Balaban J connectivity index is 4.39. The molecule has 0 aromatic carbocycles. The molecule has 1 heteroatoms. The van der Waals surface area contributed by atoms with Crippen LogP contribution in [0.3, 0.4) is 0 Å². The van der Waals surface area contributed by atoms with Crippen LogP contribution in [0.15, 0.2) is 0 Å². The van der Waals surface area contributed by atoms with E-state index in [2.05, 4.69) is 5.92 Å². The molecule has 0 radical (unpaired) electrons. The Morgan fingerprint density at radius 3 is 1.56 bits per heavy atom. The summed E-state index contributed by atoms with van der Waals surface area (Å²) in [6.45, 7) is 7.37. The van der Waals surface area contributed by atoms with Crippen LogP contribution < -0.4 is 0 Å². The van der Waals surface area contributed by atoms with Gasteiger partial charge in [-0.2, -0.15) is 0 Å². The van der Waals surface area contributed by atoms with E-state index in [4.69, 9.17) is 6.42 Å². The van der Waals surface area contributed by atoms with Crippen LogP contribution >= 0.6 is 0 Å². The zero-order valence-electron chi connectivity index (χ0n) is 6.52. The van der Waals surface area contributed by atoms with Crippen molar-refractivity contribution in [3.05, 3.63) is 0 Å². The molecule has 1 unspecified atom stereocenters. The Labute approximate surface area is 57.1 Å². The van der Waals surface area contributed by atoms with E-state index in [-0.39, 0.29) is 5.41 Å². The predicted molar refractivity (Wildman–Crippen MR) is 38.9 cm³/mol. The maximum atomic E-state index is 9.42. The summed E-state index contributed by atoms with van der Waals surface area (Å²) in [5, 5.41) is 9.42. The van der Waals surface area contributed by atoms with Gasteiger partial charge in [-0.1, -0.05) is 26.7 Å². The van der Waals surface area contributed by atoms with Crippen LogP contribution in [0.2, 0.25) is 0 Å². The van der Waals surface area contributed by atoms with Gasteiger partial charge in [-0.05, 0) is 6.92 Å². The molecule has 0 aromatic rings. The smallest absolute Gasteiger partial charge is 0.127 e. The third kappa shape index (κ3) is 1.73. The third-order valence-electron chi connectivity index (χ3n) is 1.74. The number of hydrogen-bond acceptors (Lipinski definition) is 1. The van der Waals surface area contributed by atoms with Gasteiger partial charge in [0.2, 0.25) is 0 Å². The van der Waals surface area contributed by atoms with Crippen molar-refractivity contribution in [2.24, 2.45) is 5.41 Å². The summed E-state index contributed by atoms with van der Waals surface area (Å²) in [5.74, 6) is 2.34. The van der Waals surface area contributed by atoms with E-state index in [1.165, 1.54) is 0 Å². The Morgan fingerprint density at radius 1 is 1.22 bits per heavy atom. The molecule has 0 saturated heterocycles. The first-order chi connectivity index (χ1) is 3.81. The Bertz CT molecular complexity index is 132. The average molecular weight is 126 g/mol. The van der Waals surface area contributed by atoms with Crippen LogP contribution in [0, 0.1) is 17.8 Å². The highest BCUT2D eigenvalue weighted by Crippen LogP contribution is 2.28. The van der Waals surface area contributed by atoms with E-state index in [1.54, 1.807) is 6.92 Å². The van der Waals surface area contributed by atoms with Crippen molar-refractivity contribution in [3.63, 3.8) is 0 Å². The summed E-state index contributed by atoms with van der Waals surface area (Å²) >= 11 is 0. The Kier molecular flexibility index (Phi) is 1.93. The van der Waals surface area contributed by atoms with Gasteiger partial charge in [-0.15, -0.1) is 6.42 Å². The third-order valence-corrected chi connectivity index (χ3v) is 1.74. The summed E-state index contributed by atoms with van der Waals surface area (Å²) in [5.41, 5.74) is -1.23. The molecule has 0 fully saturated rings.